The van der Waals surface area contributed by atoms with E-state index in [0.717, 1.165) is 0 Å². The monoisotopic (exact) mass is 300 g/mol. The number of rotatable bonds is 7. The predicted octanol–water partition coefficient (Wildman–Crippen LogP) is 2.98. The van der Waals surface area contributed by atoms with Crippen LogP contribution in [-0.4, -0.2) is 21.5 Å². The Balaban J connectivity index is 2.89. The molecular weight excluding hydrogens is 284 g/mol. The average molecular weight is 301 g/mol. The molecule has 0 aromatic heterocycles. The zero-order valence-corrected chi connectivity index (χ0v) is 12.1. The van der Waals surface area contributed by atoms with Crippen molar-refractivity contribution in [1.82, 2.24) is 5.32 Å². The fourth-order valence-electron chi connectivity index (χ4n) is 1.94. The molecule has 0 saturated carbocycles. The molecule has 0 spiro atoms. The largest absolute Gasteiger partial charge is 0.480 e. The first-order chi connectivity index (χ1) is 9.36. The van der Waals surface area contributed by atoms with Crippen molar-refractivity contribution in [3.8, 4) is 0 Å². The maximum absolute atomic E-state index is 11.3. The van der Waals surface area contributed by atoms with Crippen molar-refractivity contribution in [3.63, 3.8) is 0 Å². The molecule has 0 aliphatic heterocycles. The Kier molecular flexibility index (Phi) is 5.47. The van der Waals surface area contributed by atoms with Crippen LogP contribution in [0.2, 0.25) is 5.02 Å². The molecule has 0 radical (unpaired) electrons. The van der Waals surface area contributed by atoms with E-state index < -0.39 is 16.4 Å². The van der Waals surface area contributed by atoms with Gasteiger partial charge < -0.3 is 5.11 Å². The minimum atomic E-state index is -1.01. The highest BCUT2D eigenvalue weighted by Crippen LogP contribution is 2.24. The van der Waals surface area contributed by atoms with E-state index in [1.54, 1.807) is 13.8 Å². The second-order valence-electron chi connectivity index (χ2n) is 4.48. The van der Waals surface area contributed by atoms with Crippen LogP contribution in [0.15, 0.2) is 18.2 Å². The molecule has 2 N–H and O–H groups in total. The molecule has 7 heteroatoms. The summed E-state index contributed by atoms with van der Waals surface area (Å²) in [5.41, 5.74) is -0.468. The van der Waals surface area contributed by atoms with Gasteiger partial charge in [0, 0.05) is 18.7 Å². The molecule has 0 saturated heterocycles. The predicted molar refractivity (Wildman–Crippen MR) is 75.9 cm³/mol. The van der Waals surface area contributed by atoms with Gasteiger partial charge in [-0.05, 0) is 24.5 Å². The molecule has 0 unspecified atom stereocenters. The summed E-state index contributed by atoms with van der Waals surface area (Å²) < 4.78 is 0. The van der Waals surface area contributed by atoms with Crippen LogP contribution in [0, 0.1) is 10.1 Å². The van der Waals surface area contributed by atoms with E-state index in [1.165, 1.54) is 18.2 Å². The van der Waals surface area contributed by atoms with Gasteiger partial charge in [0.05, 0.1) is 9.95 Å². The van der Waals surface area contributed by atoms with E-state index in [0.29, 0.717) is 18.4 Å². The van der Waals surface area contributed by atoms with Gasteiger partial charge in [-0.1, -0.05) is 25.4 Å². The molecule has 0 heterocycles. The Labute approximate surface area is 121 Å². The number of non-ortho nitro benzene ring substituents is 1. The number of hydrogen-bond donors (Lipinski definition) is 2. The van der Waals surface area contributed by atoms with Gasteiger partial charge >= 0.3 is 5.97 Å². The van der Waals surface area contributed by atoms with E-state index in [1.807, 2.05) is 0 Å². The molecule has 6 nitrogen and oxygen atoms in total. The highest BCUT2D eigenvalue weighted by Gasteiger charge is 2.34. The summed E-state index contributed by atoms with van der Waals surface area (Å²) in [6.45, 7) is 3.83. The number of carboxylic acid groups (broad SMARTS) is 1. The molecule has 0 aliphatic rings. The van der Waals surface area contributed by atoms with Crippen LogP contribution >= 0.6 is 11.6 Å². The second-order valence-corrected chi connectivity index (χ2v) is 4.89. The quantitative estimate of drug-likeness (QED) is 0.596. The van der Waals surface area contributed by atoms with Crippen molar-refractivity contribution in [2.45, 2.75) is 38.8 Å². The number of carbonyl (C=O) groups is 1. The summed E-state index contributed by atoms with van der Waals surface area (Å²) >= 11 is 5.98. The molecule has 20 heavy (non-hydrogen) atoms. The smallest absolute Gasteiger partial charge is 0.323 e. The van der Waals surface area contributed by atoms with Crippen molar-refractivity contribution in [2.75, 3.05) is 0 Å². The number of nitro benzene ring substituents is 1. The van der Waals surface area contributed by atoms with Gasteiger partial charge in [0.2, 0.25) is 0 Å². The van der Waals surface area contributed by atoms with E-state index in [4.69, 9.17) is 11.6 Å². The third-order valence-electron chi connectivity index (χ3n) is 3.48. The number of benzene rings is 1. The average Bonchev–Trinajstić information content (AvgIpc) is 2.41. The first-order valence-electron chi connectivity index (χ1n) is 6.27. The minimum absolute atomic E-state index is 0.0887. The van der Waals surface area contributed by atoms with E-state index >= 15 is 0 Å². The van der Waals surface area contributed by atoms with Crippen LogP contribution < -0.4 is 5.32 Å². The summed E-state index contributed by atoms with van der Waals surface area (Å²) in [5.74, 6) is -0.916. The highest BCUT2D eigenvalue weighted by atomic mass is 35.5. The second kappa shape index (κ2) is 6.67. The topological polar surface area (TPSA) is 92.5 Å². The Morgan fingerprint density at radius 2 is 2.05 bits per heavy atom. The zero-order chi connectivity index (χ0) is 15.3. The molecule has 0 fully saturated rings. The summed E-state index contributed by atoms with van der Waals surface area (Å²) in [6.07, 6.45) is 0.868. The van der Waals surface area contributed by atoms with Crippen molar-refractivity contribution < 1.29 is 14.8 Å². The SMILES string of the molecule is CCC(CC)(NCc1ccc([N+](=O)[O-])cc1Cl)C(=O)O. The lowest BCUT2D eigenvalue weighted by Gasteiger charge is -2.28. The number of carboxylic acids is 1. The van der Waals surface area contributed by atoms with Crippen LogP contribution in [0.4, 0.5) is 5.69 Å². The zero-order valence-electron chi connectivity index (χ0n) is 11.4. The minimum Gasteiger partial charge on any atom is -0.480 e. The lowest BCUT2D eigenvalue weighted by Crippen LogP contribution is -2.50. The fourth-order valence-corrected chi connectivity index (χ4v) is 2.18. The normalized spacial score (nSPS) is 11.3. The van der Waals surface area contributed by atoms with Crippen molar-refractivity contribution in [2.24, 2.45) is 0 Å². The first kappa shape index (κ1) is 16.4. The summed E-state index contributed by atoms with van der Waals surface area (Å²) in [7, 11) is 0. The maximum Gasteiger partial charge on any atom is 0.323 e. The third kappa shape index (κ3) is 3.46. The van der Waals surface area contributed by atoms with Gasteiger partial charge in [-0.2, -0.15) is 0 Å². The van der Waals surface area contributed by atoms with Gasteiger partial charge in [-0.15, -0.1) is 0 Å². The molecule has 1 aromatic rings. The van der Waals surface area contributed by atoms with Crippen LogP contribution in [0.25, 0.3) is 0 Å². The maximum atomic E-state index is 11.3. The van der Waals surface area contributed by atoms with E-state index in [-0.39, 0.29) is 17.3 Å². The van der Waals surface area contributed by atoms with Crippen LogP contribution in [0.5, 0.6) is 0 Å². The molecule has 0 aliphatic carbocycles. The molecule has 1 rings (SSSR count). The van der Waals surface area contributed by atoms with Crippen molar-refractivity contribution in [3.05, 3.63) is 38.9 Å². The van der Waals surface area contributed by atoms with E-state index in [9.17, 15) is 20.0 Å². The number of nitrogens with zero attached hydrogens (tertiary/aromatic N) is 1. The van der Waals surface area contributed by atoms with Crippen molar-refractivity contribution >= 4 is 23.3 Å². The molecule has 110 valence electrons. The van der Waals surface area contributed by atoms with Crippen molar-refractivity contribution in [1.29, 1.82) is 0 Å². The number of nitro groups is 1. The molecule has 0 amide bonds. The number of nitrogens with one attached hydrogen (secondary N) is 1. The summed E-state index contributed by atoms with van der Waals surface area (Å²) in [5, 5.41) is 23.2. The van der Waals surface area contributed by atoms with Gasteiger partial charge in [-0.25, -0.2) is 0 Å². The molecule has 1 aromatic carbocycles. The highest BCUT2D eigenvalue weighted by molar-refractivity contribution is 6.31. The lowest BCUT2D eigenvalue weighted by atomic mass is 9.92. The summed E-state index contributed by atoms with van der Waals surface area (Å²) in [6, 6.07) is 4.15. The molecule has 0 atom stereocenters. The lowest BCUT2D eigenvalue weighted by molar-refractivity contribution is -0.384. The number of aliphatic carboxylic acids is 1. The Hall–Kier alpha value is -1.66. The van der Waals surface area contributed by atoms with Crippen LogP contribution in [-0.2, 0) is 11.3 Å². The van der Waals surface area contributed by atoms with Gasteiger partial charge in [0.1, 0.15) is 5.54 Å². The standard InChI is InChI=1S/C13H17ClN2O4/c1-3-13(4-2,12(17)18)15-8-9-5-6-10(16(19)20)7-11(9)14/h5-7,15H,3-4,8H2,1-2H3,(H,17,18). The Morgan fingerprint density at radius 3 is 2.45 bits per heavy atom. The summed E-state index contributed by atoms with van der Waals surface area (Å²) in [4.78, 5) is 21.4. The fraction of sp³-hybridized carbons (Fsp3) is 0.462. The number of halogens is 1. The van der Waals surface area contributed by atoms with E-state index in [2.05, 4.69) is 5.32 Å². The first-order valence-corrected chi connectivity index (χ1v) is 6.65. The third-order valence-corrected chi connectivity index (χ3v) is 3.83. The van der Waals surface area contributed by atoms with Gasteiger partial charge in [0.25, 0.3) is 5.69 Å². The van der Waals surface area contributed by atoms with Crippen LogP contribution in [0.3, 0.4) is 0 Å². The number of hydrogen-bond acceptors (Lipinski definition) is 4. The van der Waals surface area contributed by atoms with Gasteiger partial charge in [-0.3, -0.25) is 20.2 Å². The molecular formula is C13H17ClN2O4. The molecule has 0 bridgehead atoms. The van der Waals surface area contributed by atoms with Gasteiger partial charge in [0.15, 0.2) is 0 Å². The Bertz CT molecular complexity index is 515. The Morgan fingerprint density at radius 1 is 1.45 bits per heavy atom. The van der Waals surface area contributed by atoms with Crippen LogP contribution in [0.1, 0.15) is 32.3 Å².